The summed E-state index contributed by atoms with van der Waals surface area (Å²) in [4.78, 5) is 3.68. The highest BCUT2D eigenvalue weighted by molar-refractivity contribution is 7.80. The maximum Gasteiger partial charge on any atom is 0.185 e. The normalized spacial score (nSPS) is 10.4. The summed E-state index contributed by atoms with van der Waals surface area (Å²) >= 11 is 4.72. The highest BCUT2D eigenvalue weighted by Crippen LogP contribution is 2.28. The lowest BCUT2D eigenvalue weighted by Crippen LogP contribution is -2.14. The van der Waals surface area contributed by atoms with Crippen LogP contribution in [0.3, 0.4) is 0 Å². The van der Waals surface area contributed by atoms with Crippen LogP contribution in [0.15, 0.2) is 24.4 Å². The molecule has 0 spiro atoms. The number of benzene rings is 1. The first-order valence-corrected chi connectivity index (χ1v) is 5.67. The smallest absolute Gasteiger partial charge is 0.185 e. The third-order valence-electron chi connectivity index (χ3n) is 2.41. The zero-order valence-corrected chi connectivity index (χ0v) is 10.6. The molecule has 3 nitrogen and oxygen atoms in total. The zero-order valence-electron chi connectivity index (χ0n) is 9.75. The van der Waals surface area contributed by atoms with Crippen LogP contribution in [0.25, 0.3) is 0 Å². The van der Waals surface area contributed by atoms with Crippen LogP contribution in [-0.4, -0.2) is 9.97 Å². The van der Waals surface area contributed by atoms with Crippen LogP contribution >= 0.6 is 12.2 Å². The SMILES string of the molecule is NC(=S)c1ncccc1Nc1c(F)c(F)cc(F)c1F. The molecule has 0 fully saturated rings. The van der Waals surface area contributed by atoms with E-state index >= 15 is 0 Å². The molecule has 8 heteroatoms. The molecule has 1 aromatic heterocycles. The molecule has 2 aromatic rings. The number of nitrogens with zero attached hydrogens (tertiary/aromatic N) is 1. The van der Waals surface area contributed by atoms with Gasteiger partial charge in [0.25, 0.3) is 0 Å². The Labute approximate surface area is 116 Å². The number of anilines is 2. The van der Waals surface area contributed by atoms with Gasteiger partial charge in [0.05, 0.1) is 5.69 Å². The Kier molecular flexibility index (Phi) is 3.84. The lowest BCUT2D eigenvalue weighted by molar-refractivity contribution is 0.459. The molecule has 0 bridgehead atoms. The Bertz CT molecular complexity index is 664. The molecule has 0 aliphatic heterocycles. The lowest BCUT2D eigenvalue weighted by Gasteiger charge is -2.12. The van der Waals surface area contributed by atoms with Crippen LogP contribution in [0.5, 0.6) is 0 Å². The minimum Gasteiger partial charge on any atom is -0.388 e. The Morgan fingerprint density at radius 1 is 1.15 bits per heavy atom. The minimum atomic E-state index is -1.55. The maximum absolute atomic E-state index is 13.5. The topological polar surface area (TPSA) is 50.9 Å². The lowest BCUT2D eigenvalue weighted by atomic mass is 10.2. The van der Waals surface area contributed by atoms with Crippen LogP contribution in [0.4, 0.5) is 28.9 Å². The molecule has 0 atom stereocenters. The molecule has 0 radical (unpaired) electrons. The van der Waals surface area contributed by atoms with Crippen molar-refractivity contribution in [3.8, 4) is 0 Å². The summed E-state index contributed by atoms with van der Waals surface area (Å²) in [6, 6.07) is 2.92. The van der Waals surface area contributed by atoms with Gasteiger partial charge in [-0.1, -0.05) is 12.2 Å². The van der Waals surface area contributed by atoms with Crippen LogP contribution in [0.2, 0.25) is 0 Å². The van der Waals surface area contributed by atoms with Gasteiger partial charge < -0.3 is 11.1 Å². The van der Waals surface area contributed by atoms with Gasteiger partial charge in [-0.15, -0.1) is 0 Å². The second-order valence-corrected chi connectivity index (χ2v) is 4.17. The summed E-state index contributed by atoms with van der Waals surface area (Å²) < 4.78 is 53.3. The van der Waals surface area contributed by atoms with Crippen molar-refractivity contribution in [1.82, 2.24) is 4.98 Å². The number of halogens is 4. The highest BCUT2D eigenvalue weighted by Gasteiger charge is 2.20. The molecular formula is C12H7F4N3S. The van der Waals surface area contributed by atoms with Crippen LogP contribution in [0, 0.1) is 23.3 Å². The predicted octanol–water partition coefficient (Wildman–Crippen LogP) is 3.02. The highest BCUT2D eigenvalue weighted by atomic mass is 32.1. The quantitative estimate of drug-likeness (QED) is 0.520. The molecule has 0 unspecified atom stereocenters. The second-order valence-electron chi connectivity index (χ2n) is 3.73. The summed E-state index contributed by atoms with van der Waals surface area (Å²) in [5.74, 6) is -6.15. The van der Waals surface area contributed by atoms with E-state index in [0.717, 1.165) is 0 Å². The second kappa shape index (κ2) is 5.41. The molecule has 104 valence electrons. The average Bonchev–Trinajstić information content (AvgIpc) is 2.41. The van der Waals surface area contributed by atoms with Gasteiger partial charge in [-0.25, -0.2) is 17.6 Å². The van der Waals surface area contributed by atoms with Gasteiger partial charge in [-0.05, 0) is 12.1 Å². The molecule has 0 saturated heterocycles. The van der Waals surface area contributed by atoms with Crippen molar-refractivity contribution < 1.29 is 17.6 Å². The first kappa shape index (κ1) is 14.2. The standard InChI is InChI=1S/C12H7F4N3S/c13-5-4-6(14)9(16)11(8(5)15)19-7-2-1-3-18-10(7)12(17)20/h1-4,19H,(H2,17,20). The summed E-state index contributed by atoms with van der Waals surface area (Å²) in [6.45, 7) is 0. The molecule has 0 saturated carbocycles. The number of thiocarbonyl (C=S) groups is 1. The van der Waals surface area contributed by atoms with Gasteiger partial charge in [0.1, 0.15) is 16.4 Å². The summed E-state index contributed by atoms with van der Waals surface area (Å²) in [5, 5.41) is 2.21. The van der Waals surface area contributed by atoms with Gasteiger partial charge in [0, 0.05) is 12.3 Å². The van der Waals surface area contributed by atoms with E-state index in [2.05, 4.69) is 10.3 Å². The van der Waals surface area contributed by atoms with E-state index in [1.807, 2.05) is 0 Å². The van der Waals surface area contributed by atoms with Crippen LogP contribution in [-0.2, 0) is 0 Å². The van der Waals surface area contributed by atoms with Crippen LogP contribution < -0.4 is 11.1 Å². The van der Waals surface area contributed by atoms with Gasteiger partial charge in [0.15, 0.2) is 23.3 Å². The van der Waals surface area contributed by atoms with E-state index in [1.165, 1.54) is 18.3 Å². The molecule has 3 N–H and O–H groups in total. The monoisotopic (exact) mass is 301 g/mol. The van der Waals surface area contributed by atoms with Crippen molar-refractivity contribution in [1.29, 1.82) is 0 Å². The fourth-order valence-corrected chi connectivity index (χ4v) is 1.68. The third-order valence-corrected chi connectivity index (χ3v) is 2.61. The van der Waals surface area contributed by atoms with E-state index in [0.29, 0.717) is 0 Å². The van der Waals surface area contributed by atoms with Gasteiger partial charge >= 0.3 is 0 Å². The largest absolute Gasteiger partial charge is 0.388 e. The van der Waals surface area contributed by atoms with E-state index in [-0.39, 0.29) is 22.4 Å². The number of pyridine rings is 1. The first-order chi connectivity index (χ1) is 9.41. The van der Waals surface area contributed by atoms with Crippen molar-refractivity contribution >= 4 is 28.6 Å². The number of hydrogen-bond donors (Lipinski definition) is 2. The zero-order chi connectivity index (χ0) is 14.9. The number of nitrogens with one attached hydrogen (secondary N) is 1. The van der Waals surface area contributed by atoms with Gasteiger partial charge in [-0.3, -0.25) is 4.98 Å². The molecule has 20 heavy (non-hydrogen) atoms. The summed E-state index contributed by atoms with van der Waals surface area (Å²) in [5.41, 5.74) is 4.50. The van der Waals surface area contributed by atoms with Crippen LogP contribution in [0.1, 0.15) is 5.69 Å². The summed E-state index contributed by atoms with van der Waals surface area (Å²) in [7, 11) is 0. The van der Waals surface area contributed by atoms with Crippen molar-refractivity contribution in [2.24, 2.45) is 5.73 Å². The van der Waals surface area contributed by atoms with E-state index in [1.54, 1.807) is 0 Å². The fourth-order valence-electron chi connectivity index (χ4n) is 1.52. The molecule has 1 aromatic carbocycles. The van der Waals surface area contributed by atoms with E-state index in [9.17, 15) is 17.6 Å². The third kappa shape index (κ3) is 2.55. The van der Waals surface area contributed by atoms with Crippen molar-refractivity contribution in [3.05, 3.63) is 53.4 Å². The molecule has 1 heterocycles. The Morgan fingerprint density at radius 2 is 1.75 bits per heavy atom. The Hall–Kier alpha value is -2.22. The molecule has 2 rings (SSSR count). The Balaban J connectivity index is 2.54. The van der Waals surface area contributed by atoms with Gasteiger partial charge in [0.2, 0.25) is 0 Å². The average molecular weight is 301 g/mol. The predicted molar refractivity (Wildman–Crippen MR) is 69.7 cm³/mol. The molecular weight excluding hydrogens is 294 g/mol. The van der Waals surface area contributed by atoms with E-state index in [4.69, 9.17) is 18.0 Å². The fraction of sp³-hybridized carbons (Fsp3) is 0. The summed E-state index contributed by atoms with van der Waals surface area (Å²) in [6.07, 6.45) is 1.36. The van der Waals surface area contributed by atoms with E-state index < -0.39 is 29.0 Å². The number of hydrogen-bond acceptors (Lipinski definition) is 3. The Morgan fingerprint density at radius 3 is 2.30 bits per heavy atom. The molecule has 0 aliphatic rings. The number of rotatable bonds is 3. The number of nitrogens with two attached hydrogens (primary N) is 1. The molecule has 0 amide bonds. The van der Waals surface area contributed by atoms with Crippen molar-refractivity contribution in [3.63, 3.8) is 0 Å². The van der Waals surface area contributed by atoms with Gasteiger partial charge in [-0.2, -0.15) is 0 Å². The minimum absolute atomic E-state index is 0.0304. The molecule has 0 aliphatic carbocycles. The number of aromatic nitrogens is 1. The van der Waals surface area contributed by atoms with Crippen molar-refractivity contribution in [2.75, 3.05) is 5.32 Å². The maximum atomic E-state index is 13.5. The van der Waals surface area contributed by atoms with Crippen molar-refractivity contribution in [2.45, 2.75) is 0 Å². The first-order valence-electron chi connectivity index (χ1n) is 5.26.